The van der Waals surface area contributed by atoms with E-state index in [-0.39, 0.29) is 25.9 Å². The van der Waals surface area contributed by atoms with Crippen molar-refractivity contribution in [3.8, 4) is 33.6 Å². The Labute approximate surface area is 286 Å². The largest absolute Gasteiger partial charge is 0 e. The summed E-state index contributed by atoms with van der Waals surface area (Å²) in [4.78, 5) is 9.09. The molecule has 1 radical (unpaired) electrons. The maximum Gasteiger partial charge on any atom is 0 e. The van der Waals surface area contributed by atoms with Crippen LogP contribution in [-0.4, -0.2) is 23.2 Å². The number of furan rings is 1. The first-order valence-electron chi connectivity index (χ1n) is 15.2. The number of pyridine rings is 2. The van der Waals surface area contributed by atoms with Crippen LogP contribution in [-0.2, 0) is 20.1 Å². The first-order chi connectivity index (χ1) is 21.7. The fourth-order valence-corrected chi connectivity index (χ4v) is 7.44. The van der Waals surface area contributed by atoms with Crippen molar-refractivity contribution in [3.63, 3.8) is 0 Å². The van der Waals surface area contributed by atoms with Gasteiger partial charge < -0.3 is 9.40 Å². The Hall–Kier alpha value is -3.90. The minimum absolute atomic E-state index is 0. The smallest absolute Gasteiger partial charge is 0 e. The zero-order valence-electron chi connectivity index (χ0n) is 26.6. The van der Waals surface area contributed by atoms with Gasteiger partial charge in [-0.1, -0.05) is 60.7 Å². The van der Waals surface area contributed by atoms with Crippen LogP contribution in [0.3, 0.4) is 0 Å². The Kier molecular flexibility index (Phi) is 10.4. The molecule has 7 aromatic rings. The Morgan fingerprint density at radius 2 is 1.57 bits per heavy atom. The van der Waals surface area contributed by atoms with Crippen molar-refractivity contribution in [1.29, 1.82) is 0 Å². The molecule has 6 heteroatoms. The van der Waals surface area contributed by atoms with Crippen LogP contribution in [0.15, 0.2) is 120 Å². The van der Waals surface area contributed by atoms with Gasteiger partial charge in [-0.15, -0.1) is 18.2 Å². The molecule has 0 aliphatic carbocycles. The van der Waals surface area contributed by atoms with Gasteiger partial charge in [0, 0.05) is 31.7 Å². The molecule has 0 N–H and O–H groups in total. The Bertz CT molecular complexity index is 2080. The molecule has 0 aliphatic heterocycles. The zero-order chi connectivity index (χ0) is 31.6. The van der Waals surface area contributed by atoms with Gasteiger partial charge in [0.15, 0.2) is 0 Å². The first kappa shape index (κ1) is 33.5. The van der Waals surface area contributed by atoms with Crippen molar-refractivity contribution in [2.24, 2.45) is 0 Å². The van der Waals surface area contributed by atoms with Crippen molar-refractivity contribution < 1.29 is 28.9 Å². The minimum Gasteiger partial charge on any atom is 0 e. The van der Waals surface area contributed by atoms with E-state index in [0.717, 1.165) is 55.6 Å². The standard InChI is InChI=1S/C26H19FNO.C14H16GeN.Ir/c1-16(2)17-11-12-28-24(14-17)23-8-4-7-22-21-10-9-19(15-25(21)29-26(22)23)18-5-3-6-20(27)13-18;1-15(2,3)13-9-10-14(16-11-13)12-7-5-4-6-8-12;/h3-7,9-16H,1-2H3;4-7,9-11H,1-3H3;/q2*-1;. The van der Waals surface area contributed by atoms with Gasteiger partial charge in [-0.05, 0) is 47.0 Å². The van der Waals surface area contributed by atoms with E-state index in [1.807, 2.05) is 79.1 Å². The van der Waals surface area contributed by atoms with Gasteiger partial charge in [0.2, 0.25) is 0 Å². The summed E-state index contributed by atoms with van der Waals surface area (Å²) in [5.41, 5.74) is 8.29. The van der Waals surface area contributed by atoms with Gasteiger partial charge in [0.25, 0.3) is 0 Å². The molecule has 233 valence electrons. The summed E-state index contributed by atoms with van der Waals surface area (Å²) in [5, 5.41) is 2.05. The number of hydrogen-bond donors (Lipinski definition) is 0. The normalized spacial score (nSPS) is 11.3. The van der Waals surface area contributed by atoms with E-state index < -0.39 is 13.3 Å². The quantitative estimate of drug-likeness (QED) is 0.128. The molecule has 0 amide bonds. The van der Waals surface area contributed by atoms with Gasteiger partial charge in [-0.25, -0.2) is 4.39 Å². The number of fused-ring (bicyclic) bond motifs is 3. The van der Waals surface area contributed by atoms with Gasteiger partial charge in [-0.2, -0.15) is 0 Å². The van der Waals surface area contributed by atoms with Crippen molar-refractivity contribution in [2.75, 3.05) is 0 Å². The first-order valence-corrected chi connectivity index (χ1v) is 22.5. The number of benzene rings is 4. The van der Waals surface area contributed by atoms with Gasteiger partial charge >= 0.3 is 99.8 Å². The maximum atomic E-state index is 13.6. The van der Waals surface area contributed by atoms with Gasteiger partial charge in [0.05, 0.1) is 5.58 Å². The minimum atomic E-state index is -1.72. The molecule has 0 fully saturated rings. The van der Waals surface area contributed by atoms with Crippen LogP contribution in [0.4, 0.5) is 4.39 Å². The molecule has 0 aliphatic rings. The van der Waals surface area contributed by atoms with E-state index >= 15 is 0 Å². The summed E-state index contributed by atoms with van der Waals surface area (Å²) in [6.45, 7) is 4.33. The average molecular weight is 844 g/mol. The van der Waals surface area contributed by atoms with Crippen LogP contribution >= 0.6 is 0 Å². The van der Waals surface area contributed by atoms with Crippen LogP contribution in [0, 0.1) is 17.9 Å². The molecule has 0 atom stereocenters. The summed E-state index contributed by atoms with van der Waals surface area (Å²) in [6.07, 6.45) is 3.87. The number of nitrogens with zero attached hydrogens (tertiary/aromatic N) is 2. The molecule has 3 aromatic heterocycles. The molecular weight excluding hydrogens is 808 g/mol. The van der Waals surface area contributed by atoms with Gasteiger partial charge in [-0.3, -0.25) is 0 Å². The van der Waals surface area contributed by atoms with Crippen LogP contribution in [0.5, 0.6) is 0 Å². The number of aromatic nitrogens is 2. The third-order valence-electron chi connectivity index (χ3n) is 7.91. The second-order valence-electron chi connectivity index (χ2n) is 12.5. The number of halogens is 1. The molecule has 7 rings (SSSR count). The molecule has 3 heterocycles. The van der Waals surface area contributed by atoms with Crippen LogP contribution < -0.4 is 4.40 Å². The Morgan fingerprint density at radius 3 is 2.26 bits per heavy atom. The van der Waals surface area contributed by atoms with E-state index in [2.05, 4.69) is 71.4 Å². The molecule has 0 spiro atoms. The number of hydrogen-bond acceptors (Lipinski definition) is 3. The predicted octanol–water partition coefficient (Wildman–Crippen LogP) is 10.5. The van der Waals surface area contributed by atoms with E-state index in [1.165, 1.54) is 22.1 Å². The summed E-state index contributed by atoms with van der Waals surface area (Å²) < 4.78 is 21.3. The summed E-state index contributed by atoms with van der Waals surface area (Å²) in [5.74, 6) is 7.31. The molecule has 0 bridgehead atoms. The van der Waals surface area contributed by atoms with Gasteiger partial charge in [0.1, 0.15) is 11.4 Å². The fraction of sp³-hybridized carbons (Fsp3) is 0.150. The molecular formula is C40H35FGeIrN2O-2. The molecule has 3 nitrogen and oxygen atoms in total. The fourth-order valence-electron chi connectivity index (χ4n) is 5.27. The van der Waals surface area contributed by atoms with E-state index in [1.54, 1.807) is 6.07 Å². The van der Waals surface area contributed by atoms with Crippen LogP contribution in [0.25, 0.3) is 55.6 Å². The summed E-state index contributed by atoms with van der Waals surface area (Å²) in [7, 11) is 0. The van der Waals surface area contributed by atoms with Crippen molar-refractivity contribution >= 4 is 39.6 Å². The maximum absolute atomic E-state index is 13.6. The van der Waals surface area contributed by atoms with E-state index in [9.17, 15) is 4.39 Å². The van der Waals surface area contributed by atoms with Crippen molar-refractivity contribution in [3.05, 3.63) is 139 Å². The zero-order valence-corrected chi connectivity index (χ0v) is 31.1. The SMILES string of the molecule is CC(C)c1ccnc(-c2[c-]ccc3c2oc2cc(-c4cccc(F)c4)ccc23)c1.[CH3][Ge]([CH3])([CH3])[c]1ccc(-c2[c-]cccc2)nc1.[Ir]. The van der Waals surface area contributed by atoms with Crippen LogP contribution in [0.2, 0.25) is 17.3 Å². The molecule has 0 saturated heterocycles. The van der Waals surface area contributed by atoms with E-state index in [0.29, 0.717) is 5.92 Å². The predicted molar refractivity (Wildman–Crippen MR) is 187 cm³/mol. The second kappa shape index (κ2) is 14.3. The molecule has 0 unspecified atom stereocenters. The summed E-state index contributed by atoms with van der Waals surface area (Å²) >= 11 is -1.72. The van der Waals surface area contributed by atoms with Crippen LogP contribution in [0.1, 0.15) is 25.3 Å². The monoisotopic (exact) mass is 845 g/mol. The third-order valence-corrected chi connectivity index (χ3v) is 12.2. The third kappa shape index (κ3) is 7.39. The van der Waals surface area contributed by atoms with E-state index in [4.69, 9.17) is 4.42 Å². The summed E-state index contributed by atoms with van der Waals surface area (Å²) in [6, 6.07) is 39.4. The second-order valence-corrected chi connectivity index (χ2v) is 23.2. The van der Waals surface area contributed by atoms with Crippen molar-refractivity contribution in [1.82, 2.24) is 9.97 Å². The molecule has 0 saturated carbocycles. The number of rotatable bonds is 5. The Morgan fingerprint density at radius 1 is 0.739 bits per heavy atom. The molecule has 4 aromatic carbocycles. The Balaban J connectivity index is 0.000000209. The topological polar surface area (TPSA) is 38.9 Å². The average Bonchev–Trinajstić information content (AvgIpc) is 3.43. The van der Waals surface area contributed by atoms with Crippen molar-refractivity contribution in [2.45, 2.75) is 37.0 Å². The molecule has 46 heavy (non-hydrogen) atoms.